The third-order valence-corrected chi connectivity index (χ3v) is 5.18. The Hall–Kier alpha value is -1.95. The van der Waals surface area contributed by atoms with Gasteiger partial charge in [-0.1, -0.05) is 12.1 Å². The number of nitriles is 1. The van der Waals surface area contributed by atoms with Crippen molar-refractivity contribution in [2.75, 3.05) is 32.4 Å². The van der Waals surface area contributed by atoms with E-state index in [0.717, 1.165) is 5.56 Å². The Morgan fingerprint density at radius 1 is 1.26 bits per heavy atom. The predicted octanol–water partition coefficient (Wildman–Crippen LogP) is -0.468. The lowest BCUT2D eigenvalue weighted by Crippen LogP contribution is -2.54. The van der Waals surface area contributed by atoms with E-state index in [0.29, 0.717) is 38.2 Å². The largest absolute Gasteiger partial charge is 0.339 e. The number of sulfonamides is 1. The van der Waals surface area contributed by atoms with Crippen LogP contribution >= 0.6 is 0 Å². The molecule has 0 radical (unpaired) electrons. The molecule has 8 heteroatoms. The molecule has 1 fully saturated rings. The summed E-state index contributed by atoms with van der Waals surface area (Å²) in [7, 11) is -3.21. The van der Waals surface area contributed by atoms with Gasteiger partial charge in [-0.3, -0.25) is 4.79 Å². The van der Waals surface area contributed by atoms with Crippen molar-refractivity contribution in [3.8, 4) is 6.07 Å². The molecule has 2 rings (SSSR count). The summed E-state index contributed by atoms with van der Waals surface area (Å²) in [5.74, 6) is -0.178. The molecule has 7 nitrogen and oxygen atoms in total. The molecule has 1 amide bonds. The van der Waals surface area contributed by atoms with Crippen LogP contribution in [0.2, 0.25) is 0 Å². The molecule has 0 aliphatic carbocycles. The summed E-state index contributed by atoms with van der Waals surface area (Å²) in [4.78, 5) is 14.0. The molecule has 2 N–H and O–H groups in total. The number of rotatable bonds is 4. The molecular formula is C15H20N4O3S. The minimum atomic E-state index is -3.21. The number of piperazine rings is 1. The smallest absolute Gasteiger partial charge is 0.239 e. The van der Waals surface area contributed by atoms with Gasteiger partial charge in [0.1, 0.15) is 0 Å². The van der Waals surface area contributed by atoms with Crippen molar-refractivity contribution in [2.24, 2.45) is 5.73 Å². The second kappa shape index (κ2) is 7.08. The first kappa shape index (κ1) is 17.4. The van der Waals surface area contributed by atoms with Gasteiger partial charge in [0.15, 0.2) is 0 Å². The highest BCUT2D eigenvalue weighted by molar-refractivity contribution is 7.88. The molecular weight excluding hydrogens is 316 g/mol. The van der Waals surface area contributed by atoms with Gasteiger partial charge in [0, 0.05) is 26.2 Å². The van der Waals surface area contributed by atoms with E-state index in [1.54, 1.807) is 29.2 Å². The molecule has 1 saturated heterocycles. The van der Waals surface area contributed by atoms with E-state index in [9.17, 15) is 13.2 Å². The lowest BCUT2D eigenvalue weighted by molar-refractivity contribution is -0.133. The van der Waals surface area contributed by atoms with Crippen molar-refractivity contribution in [2.45, 2.75) is 12.5 Å². The Bertz CT molecular complexity index is 701. The number of benzene rings is 1. The molecule has 0 spiro atoms. The zero-order chi connectivity index (χ0) is 17.0. The van der Waals surface area contributed by atoms with Gasteiger partial charge < -0.3 is 10.6 Å². The summed E-state index contributed by atoms with van der Waals surface area (Å²) in [5.41, 5.74) is 7.43. The number of hydrogen-bond acceptors (Lipinski definition) is 5. The predicted molar refractivity (Wildman–Crippen MR) is 85.8 cm³/mol. The van der Waals surface area contributed by atoms with Crippen LogP contribution in [0.25, 0.3) is 0 Å². The van der Waals surface area contributed by atoms with E-state index >= 15 is 0 Å². The van der Waals surface area contributed by atoms with Crippen molar-refractivity contribution in [1.82, 2.24) is 9.21 Å². The molecule has 1 unspecified atom stereocenters. The lowest BCUT2D eigenvalue weighted by atomic mass is 10.0. The van der Waals surface area contributed by atoms with E-state index in [1.165, 1.54) is 10.6 Å². The minimum Gasteiger partial charge on any atom is -0.339 e. The topological polar surface area (TPSA) is 108 Å². The van der Waals surface area contributed by atoms with Crippen molar-refractivity contribution >= 4 is 15.9 Å². The molecule has 1 aliphatic rings. The molecule has 0 saturated carbocycles. The van der Waals surface area contributed by atoms with Crippen molar-refractivity contribution < 1.29 is 13.2 Å². The van der Waals surface area contributed by atoms with Crippen molar-refractivity contribution in [3.05, 3.63) is 35.4 Å². The molecule has 1 aliphatic heterocycles. The number of nitrogens with zero attached hydrogens (tertiary/aromatic N) is 3. The van der Waals surface area contributed by atoms with Crippen LogP contribution in [0.5, 0.6) is 0 Å². The SMILES string of the molecule is CS(=O)(=O)N1CCN(C(=O)C(N)Cc2ccc(C#N)cc2)CC1. The Labute approximate surface area is 136 Å². The van der Waals surface area contributed by atoms with Crippen LogP contribution in [0.15, 0.2) is 24.3 Å². The van der Waals surface area contributed by atoms with Crippen LogP contribution in [0.3, 0.4) is 0 Å². The van der Waals surface area contributed by atoms with Crippen LogP contribution in [0.4, 0.5) is 0 Å². The maximum atomic E-state index is 12.4. The molecule has 0 aromatic heterocycles. The fourth-order valence-corrected chi connectivity index (χ4v) is 3.36. The maximum absolute atomic E-state index is 12.4. The van der Waals surface area contributed by atoms with Gasteiger partial charge in [0.05, 0.1) is 23.9 Å². The van der Waals surface area contributed by atoms with Crippen LogP contribution in [-0.4, -0.2) is 62.0 Å². The Morgan fingerprint density at radius 3 is 2.30 bits per heavy atom. The molecule has 1 heterocycles. The summed E-state index contributed by atoms with van der Waals surface area (Å²) in [5, 5.41) is 8.77. The van der Waals surface area contributed by atoms with Crippen LogP contribution < -0.4 is 5.73 Å². The van der Waals surface area contributed by atoms with Crippen LogP contribution in [0.1, 0.15) is 11.1 Å². The first-order valence-electron chi connectivity index (χ1n) is 7.30. The number of amides is 1. The van der Waals surface area contributed by atoms with Gasteiger partial charge in [-0.05, 0) is 24.1 Å². The van der Waals surface area contributed by atoms with Gasteiger partial charge >= 0.3 is 0 Å². The van der Waals surface area contributed by atoms with Gasteiger partial charge in [-0.15, -0.1) is 0 Å². The monoisotopic (exact) mass is 336 g/mol. The molecule has 1 atom stereocenters. The summed E-state index contributed by atoms with van der Waals surface area (Å²) in [6.45, 7) is 1.31. The summed E-state index contributed by atoms with van der Waals surface area (Å²) >= 11 is 0. The fraction of sp³-hybridized carbons (Fsp3) is 0.467. The van der Waals surface area contributed by atoms with E-state index in [4.69, 9.17) is 11.0 Å². The highest BCUT2D eigenvalue weighted by Gasteiger charge is 2.28. The number of nitrogens with two attached hydrogens (primary N) is 1. The minimum absolute atomic E-state index is 0.178. The highest BCUT2D eigenvalue weighted by Crippen LogP contribution is 2.10. The molecule has 1 aromatic carbocycles. The van der Waals surface area contributed by atoms with E-state index in [1.807, 2.05) is 6.07 Å². The highest BCUT2D eigenvalue weighted by atomic mass is 32.2. The van der Waals surface area contributed by atoms with Crippen molar-refractivity contribution in [1.29, 1.82) is 5.26 Å². The number of carbonyl (C=O) groups is 1. The van der Waals surface area contributed by atoms with Crippen molar-refractivity contribution in [3.63, 3.8) is 0 Å². The van der Waals surface area contributed by atoms with Gasteiger partial charge in [-0.25, -0.2) is 8.42 Å². The Morgan fingerprint density at radius 2 is 1.83 bits per heavy atom. The van der Waals surface area contributed by atoms with E-state index < -0.39 is 16.1 Å². The molecule has 124 valence electrons. The average molecular weight is 336 g/mol. The zero-order valence-corrected chi connectivity index (χ0v) is 13.8. The third-order valence-electron chi connectivity index (χ3n) is 3.88. The normalized spacial score (nSPS) is 17.5. The number of carbonyl (C=O) groups excluding carboxylic acids is 1. The second-order valence-corrected chi connectivity index (χ2v) is 7.59. The third kappa shape index (κ3) is 4.51. The van der Waals surface area contributed by atoms with E-state index in [2.05, 4.69) is 0 Å². The first-order chi connectivity index (χ1) is 10.8. The average Bonchev–Trinajstić information content (AvgIpc) is 2.54. The van der Waals surface area contributed by atoms with Gasteiger partial charge in [0.25, 0.3) is 0 Å². The standard InChI is InChI=1S/C15H20N4O3S/c1-23(21,22)19-8-6-18(7-9-19)15(20)14(17)10-12-2-4-13(11-16)5-3-12/h2-5,14H,6-10,17H2,1H3. The Balaban J connectivity index is 1.91. The zero-order valence-electron chi connectivity index (χ0n) is 13.0. The quantitative estimate of drug-likeness (QED) is 0.800. The molecule has 1 aromatic rings. The Kier molecular flexibility index (Phi) is 5.36. The summed E-state index contributed by atoms with van der Waals surface area (Å²) in [6.07, 6.45) is 1.55. The number of hydrogen-bond donors (Lipinski definition) is 1. The summed E-state index contributed by atoms with van der Waals surface area (Å²) in [6, 6.07) is 8.32. The summed E-state index contributed by atoms with van der Waals surface area (Å²) < 4.78 is 24.3. The van der Waals surface area contributed by atoms with Crippen LogP contribution in [0, 0.1) is 11.3 Å². The molecule has 0 bridgehead atoms. The molecule has 23 heavy (non-hydrogen) atoms. The van der Waals surface area contributed by atoms with E-state index in [-0.39, 0.29) is 5.91 Å². The van der Waals surface area contributed by atoms with Gasteiger partial charge in [-0.2, -0.15) is 9.57 Å². The fourth-order valence-electron chi connectivity index (χ4n) is 2.53. The maximum Gasteiger partial charge on any atom is 0.239 e. The lowest BCUT2D eigenvalue weighted by Gasteiger charge is -2.34. The van der Waals surface area contributed by atoms with Crippen LogP contribution in [-0.2, 0) is 21.2 Å². The second-order valence-electron chi connectivity index (χ2n) is 5.61. The first-order valence-corrected chi connectivity index (χ1v) is 9.14. The van der Waals surface area contributed by atoms with Gasteiger partial charge in [0.2, 0.25) is 15.9 Å².